The third-order valence-electron chi connectivity index (χ3n) is 4.84. The Morgan fingerprint density at radius 3 is 2.79 bits per heavy atom. The molecule has 2 aliphatic heterocycles. The van der Waals surface area contributed by atoms with Gasteiger partial charge in [-0.1, -0.05) is 36.1 Å². The summed E-state index contributed by atoms with van der Waals surface area (Å²) in [7, 11) is 3.68. The summed E-state index contributed by atoms with van der Waals surface area (Å²) in [5.41, 5.74) is 3.83. The standard InChI is InChI=1S/C20H26N4O3S2/c1-22-9-11-23(12-10-22)21-18(25)7-4-8-24-19(26)17(29-20(24)28)14-15-5-3-6-16(13-15)27-2/h3,5-6,13-14H,4,7-12H2,1-2H3,(H,21,25)/b17-14+. The molecule has 2 heterocycles. The zero-order chi connectivity index (χ0) is 20.8. The highest BCUT2D eigenvalue weighted by atomic mass is 32.2. The summed E-state index contributed by atoms with van der Waals surface area (Å²) in [5, 5.41) is 1.96. The first-order valence-corrected chi connectivity index (χ1v) is 10.8. The Morgan fingerprint density at radius 1 is 1.31 bits per heavy atom. The van der Waals surface area contributed by atoms with Gasteiger partial charge in [-0.2, -0.15) is 0 Å². The third kappa shape index (κ3) is 6.02. The summed E-state index contributed by atoms with van der Waals surface area (Å²) < 4.78 is 5.75. The summed E-state index contributed by atoms with van der Waals surface area (Å²) in [5.74, 6) is 0.606. The molecule has 1 aromatic rings. The highest BCUT2D eigenvalue weighted by molar-refractivity contribution is 8.26. The van der Waals surface area contributed by atoms with Crippen LogP contribution in [0.5, 0.6) is 5.75 Å². The van der Waals surface area contributed by atoms with E-state index in [1.165, 1.54) is 11.8 Å². The van der Waals surface area contributed by atoms with Crippen molar-refractivity contribution in [3.8, 4) is 5.75 Å². The zero-order valence-corrected chi connectivity index (χ0v) is 18.4. The number of rotatable bonds is 7. The number of carbonyl (C=O) groups is 2. The van der Waals surface area contributed by atoms with E-state index in [1.54, 1.807) is 12.0 Å². The van der Waals surface area contributed by atoms with Gasteiger partial charge in [-0.3, -0.25) is 19.9 Å². The van der Waals surface area contributed by atoms with E-state index in [-0.39, 0.29) is 11.8 Å². The minimum atomic E-state index is -0.109. The van der Waals surface area contributed by atoms with Gasteiger partial charge in [0.25, 0.3) is 5.91 Å². The number of thiocarbonyl (C=S) groups is 1. The quantitative estimate of drug-likeness (QED) is 0.520. The van der Waals surface area contributed by atoms with Crippen molar-refractivity contribution in [2.45, 2.75) is 12.8 Å². The number of amides is 2. The van der Waals surface area contributed by atoms with Crippen molar-refractivity contribution in [3.63, 3.8) is 0 Å². The number of hydrogen-bond donors (Lipinski definition) is 1. The van der Waals surface area contributed by atoms with Crippen molar-refractivity contribution in [1.82, 2.24) is 20.2 Å². The van der Waals surface area contributed by atoms with Gasteiger partial charge in [0.05, 0.1) is 12.0 Å². The average molecular weight is 435 g/mol. The molecule has 156 valence electrons. The summed E-state index contributed by atoms with van der Waals surface area (Å²) in [4.78, 5) is 29.3. The van der Waals surface area contributed by atoms with Gasteiger partial charge in [-0.05, 0) is 37.2 Å². The maximum absolute atomic E-state index is 12.7. The first-order valence-electron chi connectivity index (χ1n) is 9.58. The second kappa shape index (κ2) is 10.2. The number of ether oxygens (including phenoxy) is 1. The third-order valence-corrected chi connectivity index (χ3v) is 6.21. The molecule has 0 saturated carbocycles. The molecule has 0 aliphatic carbocycles. The Balaban J connectivity index is 1.48. The van der Waals surface area contributed by atoms with Crippen molar-refractivity contribution >= 4 is 46.2 Å². The predicted molar refractivity (Wildman–Crippen MR) is 119 cm³/mol. The SMILES string of the molecule is COc1cccc(/C=C2/SC(=S)N(CCCC(=O)NN3CCN(C)CC3)C2=O)c1. The average Bonchev–Trinajstić information content (AvgIpc) is 2.97. The summed E-state index contributed by atoms with van der Waals surface area (Å²) in [6.07, 6.45) is 2.75. The highest BCUT2D eigenvalue weighted by Crippen LogP contribution is 2.33. The lowest BCUT2D eigenvalue weighted by Crippen LogP contribution is -2.52. The minimum absolute atomic E-state index is 0.0214. The van der Waals surface area contributed by atoms with Gasteiger partial charge in [-0.25, -0.2) is 5.01 Å². The number of thioether (sulfide) groups is 1. The minimum Gasteiger partial charge on any atom is -0.497 e. The number of hydrogen-bond acceptors (Lipinski definition) is 7. The van der Waals surface area contributed by atoms with Crippen molar-refractivity contribution < 1.29 is 14.3 Å². The Hall–Kier alpha value is -1.94. The molecule has 29 heavy (non-hydrogen) atoms. The van der Waals surface area contributed by atoms with E-state index in [2.05, 4.69) is 17.4 Å². The Morgan fingerprint density at radius 2 is 2.07 bits per heavy atom. The van der Waals surface area contributed by atoms with E-state index < -0.39 is 0 Å². The maximum Gasteiger partial charge on any atom is 0.266 e. The van der Waals surface area contributed by atoms with Crippen LogP contribution in [0.2, 0.25) is 0 Å². The molecule has 1 aromatic carbocycles. The van der Waals surface area contributed by atoms with E-state index in [0.29, 0.717) is 28.6 Å². The van der Waals surface area contributed by atoms with Gasteiger partial charge in [0, 0.05) is 39.1 Å². The molecule has 0 radical (unpaired) electrons. The molecular formula is C20H26N4O3S2. The molecule has 2 amide bonds. The number of nitrogens with one attached hydrogen (secondary N) is 1. The van der Waals surface area contributed by atoms with Crippen LogP contribution in [-0.2, 0) is 9.59 Å². The molecule has 9 heteroatoms. The molecule has 2 fully saturated rings. The molecule has 0 aromatic heterocycles. The van der Waals surface area contributed by atoms with E-state index in [9.17, 15) is 9.59 Å². The number of piperazine rings is 1. The number of benzene rings is 1. The molecular weight excluding hydrogens is 408 g/mol. The molecule has 0 bridgehead atoms. The fourth-order valence-electron chi connectivity index (χ4n) is 3.12. The normalized spacial score (nSPS) is 19.8. The van der Waals surface area contributed by atoms with E-state index in [4.69, 9.17) is 17.0 Å². The van der Waals surface area contributed by atoms with Crippen LogP contribution in [0.4, 0.5) is 0 Å². The first kappa shape index (κ1) is 21.8. The number of likely N-dealkylation sites (N-methyl/N-ethyl adjacent to an activating group) is 1. The topological polar surface area (TPSA) is 65.1 Å². The molecule has 7 nitrogen and oxygen atoms in total. The van der Waals surface area contributed by atoms with Crippen molar-refractivity contribution in [1.29, 1.82) is 0 Å². The van der Waals surface area contributed by atoms with Gasteiger partial charge >= 0.3 is 0 Å². The van der Waals surface area contributed by atoms with Crippen LogP contribution in [0.3, 0.4) is 0 Å². The molecule has 2 aliphatic rings. The lowest BCUT2D eigenvalue weighted by atomic mass is 10.2. The molecule has 1 N–H and O–H groups in total. The monoisotopic (exact) mass is 434 g/mol. The van der Waals surface area contributed by atoms with Crippen LogP contribution in [-0.4, -0.2) is 77.8 Å². The number of carbonyl (C=O) groups excluding carboxylic acids is 2. The van der Waals surface area contributed by atoms with Crippen LogP contribution in [0, 0.1) is 0 Å². The lowest BCUT2D eigenvalue weighted by Gasteiger charge is -2.32. The van der Waals surface area contributed by atoms with Crippen LogP contribution in [0.25, 0.3) is 6.08 Å². The summed E-state index contributed by atoms with van der Waals surface area (Å²) >= 11 is 6.66. The van der Waals surface area contributed by atoms with Crippen molar-refractivity contribution in [2.24, 2.45) is 0 Å². The van der Waals surface area contributed by atoms with Crippen molar-refractivity contribution in [2.75, 3.05) is 46.9 Å². The molecule has 0 atom stereocenters. The first-order chi connectivity index (χ1) is 14.0. The van der Waals surface area contributed by atoms with E-state index in [0.717, 1.165) is 37.5 Å². The van der Waals surface area contributed by atoms with Gasteiger partial charge in [0.1, 0.15) is 10.1 Å². The van der Waals surface area contributed by atoms with E-state index in [1.807, 2.05) is 35.4 Å². The van der Waals surface area contributed by atoms with Gasteiger partial charge in [0.2, 0.25) is 5.91 Å². The number of hydrazine groups is 1. The Bertz CT molecular complexity index is 807. The fourth-order valence-corrected chi connectivity index (χ4v) is 4.43. The van der Waals surface area contributed by atoms with Crippen LogP contribution >= 0.6 is 24.0 Å². The molecule has 0 spiro atoms. The predicted octanol–water partition coefficient (Wildman–Crippen LogP) is 1.96. The second-order valence-corrected chi connectivity index (χ2v) is 8.71. The van der Waals surface area contributed by atoms with Gasteiger partial charge in [0.15, 0.2) is 0 Å². The fraction of sp³-hybridized carbons (Fsp3) is 0.450. The van der Waals surface area contributed by atoms with Crippen LogP contribution < -0.4 is 10.2 Å². The molecule has 2 saturated heterocycles. The maximum atomic E-state index is 12.7. The molecule has 3 rings (SSSR count). The van der Waals surface area contributed by atoms with Crippen LogP contribution in [0.15, 0.2) is 29.2 Å². The largest absolute Gasteiger partial charge is 0.497 e. The van der Waals surface area contributed by atoms with E-state index >= 15 is 0 Å². The van der Waals surface area contributed by atoms with Crippen molar-refractivity contribution in [3.05, 3.63) is 34.7 Å². The molecule has 0 unspecified atom stereocenters. The second-order valence-electron chi connectivity index (χ2n) is 7.04. The smallest absolute Gasteiger partial charge is 0.266 e. The number of nitrogens with zero attached hydrogens (tertiary/aromatic N) is 3. The zero-order valence-electron chi connectivity index (χ0n) is 16.7. The number of methoxy groups -OCH3 is 1. The van der Waals surface area contributed by atoms with Gasteiger partial charge < -0.3 is 9.64 Å². The lowest BCUT2D eigenvalue weighted by molar-refractivity contribution is -0.127. The van der Waals surface area contributed by atoms with Gasteiger partial charge in [-0.15, -0.1) is 0 Å². The Labute approximate surface area is 181 Å². The summed E-state index contributed by atoms with van der Waals surface area (Å²) in [6.45, 7) is 3.97. The Kier molecular flexibility index (Phi) is 7.65. The summed E-state index contributed by atoms with van der Waals surface area (Å²) in [6, 6.07) is 7.52. The highest BCUT2D eigenvalue weighted by Gasteiger charge is 2.31. The van der Waals surface area contributed by atoms with Crippen LogP contribution in [0.1, 0.15) is 18.4 Å².